The Bertz CT molecular complexity index is 758. The van der Waals surface area contributed by atoms with Crippen LogP contribution in [0.1, 0.15) is 37.2 Å². The van der Waals surface area contributed by atoms with Crippen LogP contribution in [-0.2, 0) is 0 Å². The minimum Gasteiger partial charge on any atom is -0.264 e. The molecule has 0 unspecified atom stereocenters. The first-order valence-corrected chi connectivity index (χ1v) is 8.75. The molecule has 1 saturated carbocycles. The number of rotatable bonds is 3. The van der Waals surface area contributed by atoms with Crippen LogP contribution in [0.25, 0.3) is 21.8 Å². The third kappa shape index (κ3) is 2.57. The molecule has 0 saturated heterocycles. The fourth-order valence-electron chi connectivity index (χ4n) is 3.32. The van der Waals surface area contributed by atoms with Gasteiger partial charge in [-0.1, -0.05) is 43.2 Å². The molecular formula is C19H18N2S. The highest BCUT2D eigenvalue weighted by atomic mass is 32.1. The lowest BCUT2D eigenvalue weighted by molar-refractivity contribution is 0.723. The summed E-state index contributed by atoms with van der Waals surface area (Å²) < 4.78 is 0. The quantitative estimate of drug-likeness (QED) is 0.636. The van der Waals surface area contributed by atoms with Crippen LogP contribution in [0, 0.1) is 0 Å². The van der Waals surface area contributed by atoms with Gasteiger partial charge in [0.05, 0.1) is 5.69 Å². The van der Waals surface area contributed by atoms with Crippen molar-refractivity contribution in [1.82, 2.24) is 9.97 Å². The summed E-state index contributed by atoms with van der Waals surface area (Å²) in [5, 5.41) is 3.24. The molecular weight excluding hydrogens is 288 g/mol. The summed E-state index contributed by atoms with van der Waals surface area (Å²) in [7, 11) is 0. The fraction of sp³-hybridized carbons (Fsp3) is 0.263. The molecule has 1 fully saturated rings. The van der Waals surface area contributed by atoms with Crippen molar-refractivity contribution in [3.05, 3.63) is 59.7 Å². The van der Waals surface area contributed by atoms with Gasteiger partial charge in [0, 0.05) is 28.9 Å². The van der Waals surface area contributed by atoms with Crippen LogP contribution in [0.15, 0.2) is 54.2 Å². The number of nitrogens with zero attached hydrogens (tertiary/aromatic N) is 2. The highest BCUT2D eigenvalue weighted by molar-refractivity contribution is 7.13. The van der Waals surface area contributed by atoms with Crippen molar-refractivity contribution in [3.63, 3.8) is 0 Å². The highest BCUT2D eigenvalue weighted by Gasteiger charge is 2.21. The fourth-order valence-corrected chi connectivity index (χ4v) is 4.18. The van der Waals surface area contributed by atoms with Crippen LogP contribution in [-0.4, -0.2) is 9.97 Å². The van der Waals surface area contributed by atoms with E-state index in [4.69, 9.17) is 4.98 Å². The van der Waals surface area contributed by atoms with E-state index in [1.807, 2.05) is 18.5 Å². The molecule has 2 heterocycles. The predicted molar refractivity (Wildman–Crippen MR) is 92.0 cm³/mol. The Morgan fingerprint density at radius 1 is 1.00 bits per heavy atom. The van der Waals surface area contributed by atoms with E-state index in [0.29, 0.717) is 5.92 Å². The Kier molecular flexibility index (Phi) is 3.73. The monoisotopic (exact) mass is 306 g/mol. The second-order valence-electron chi connectivity index (χ2n) is 5.85. The molecule has 0 spiro atoms. The van der Waals surface area contributed by atoms with Crippen molar-refractivity contribution in [3.8, 4) is 21.8 Å². The average Bonchev–Trinajstić information content (AvgIpc) is 3.28. The Balaban J connectivity index is 1.72. The van der Waals surface area contributed by atoms with Gasteiger partial charge in [-0.25, -0.2) is 4.98 Å². The van der Waals surface area contributed by atoms with Crippen molar-refractivity contribution in [2.45, 2.75) is 31.6 Å². The van der Waals surface area contributed by atoms with Gasteiger partial charge in [0.1, 0.15) is 5.01 Å². The van der Waals surface area contributed by atoms with E-state index in [1.54, 1.807) is 11.3 Å². The molecule has 0 amide bonds. The maximum atomic E-state index is 4.86. The average molecular weight is 306 g/mol. The van der Waals surface area contributed by atoms with E-state index >= 15 is 0 Å². The van der Waals surface area contributed by atoms with Crippen molar-refractivity contribution in [2.75, 3.05) is 0 Å². The van der Waals surface area contributed by atoms with Crippen molar-refractivity contribution >= 4 is 11.3 Å². The van der Waals surface area contributed by atoms with Crippen LogP contribution in [0.2, 0.25) is 0 Å². The van der Waals surface area contributed by atoms with Crippen molar-refractivity contribution < 1.29 is 0 Å². The van der Waals surface area contributed by atoms with Gasteiger partial charge in [-0.3, -0.25) is 4.98 Å². The minimum absolute atomic E-state index is 0.682. The number of hydrogen-bond acceptors (Lipinski definition) is 3. The first kappa shape index (κ1) is 13.6. The van der Waals surface area contributed by atoms with Crippen LogP contribution < -0.4 is 0 Å². The van der Waals surface area contributed by atoms with Gasteiger partial charge >= 0.3 is 0 Å². The molecule has 4 rings (SSSR count). The standard InChI is InChI=1S/C19H18N2S/c1-2-8-15(9-3-1)18-13-22-19(21-18)17-12-20-11-10-16(17)14-6-4-5-7-14/h1-3,8-14H,4-7H2. The Morgan fingerprint density at radius 2 is 1.82 bits per heavy atom. The number of thiazole rings is 1. The van der Waals surface area contributed by atoms with Crippen molar-refractivity contribution in [1.29, 1.82) is 0 Å². The third-order valence-corrected chi connectivity index (χ3v) is 5.33. The van der Waals surface area contributed by atoms with E-state index in [1.165, 1.54) is 42.4 Å². The SMILES string of the molecule is c1ccc(-c2csc(-c3cnccc3C3CCCC3)n2)cc1. The molecule has 0 bridgehead atoms. The zero-order valence-electron chi connectivity index (χ0n) is 12.4. The largest absolute Gasteiger partial charge is 0.264 e. The minimum atomic E-state index is 0.682. The molecule has 110 valence electrons. The molecule has 1 aromatic carbocycles. The molecule has 0 aliphatic heterocycles. The lowest BCUT2D eigenvalue weighted by Crippen LogP contribution is -1.96. The Morgan fingerprint density at radius 3 is 2.64 bits per heavy atom. The summed E-state index contributed by atoms with van der Waals surface area (Å²) >= 11 is 1.72. The Hall–Kier alpha value is -2.00. The topological polar surface area (TPSA) is 25.8 Å². The lowest BCUT2D eigenvalue weighted by Gasteiger charge is -2.13. The molecule has 1 aliphatic carbocycles. The second kappa shape index (κ2) is 6.01. The molecule has 22 heavy (non-hydrogen) atoms. The summed E-state index contributed by atoms with van der Waals surface area (Å²) in [5.74, 6) is 0.682. The normalized spacial score (nSPS) is 15.3. The van der Waals surface area contributed by atoms with Gasteiger partial charge in [-0.05, 0) is 30.4 Å². The number of aromatic nitrogens is 2. The lowest BCUT2D eigenvalue weighted by atomic mass is 9.95. The maximum Gasteiger partial charge on any atom is 0.125 e. The first-order valence-electron chi connectivity index (χ1n) is 7.87. The van der Waals surface area contributed by atoms with Crippen LogP contribution in [0.3, 0.4) is 0 Å². The van der Waals surface area contributed by atoms with Crippen LogP contribution >= 0.6 is 11.3 Å². The van der Waals surface area contributed by atoms with Gasteiger partial charge in [-0.15, -0.1) is 11.3 Å². The third-order valence-electron chi connectivity index (χ3n) is 4.45. The molecule has 1 aliphatic rings. The smallest absolute Gasteiger partial charge is 0.125 e. The summed E-state index contributed by atoms with van der Waals surface area (Å²) in [6.45, 7) is 0. The molecule has 0 N–H and O–H groups in total. The zero-order valence-corrected chi connectivity index (χ0v) is 13.2. The van der Waals surface area contributed by atoms with Gasteiger partial charge < -0.3 is 0 Å². The summed E-state index contributed by atoms with van der Waals surface area (Å²) in [6, 6.07) is 12.6. The highest BCUT2D eigenvalue weighted by Crippen LogP contribution is 2.40. The van der Waals surface area contributed by atoms with E-state index < -0.39 is 0 Å². The molecule has 0 atom stereocenters. The predicted octanol–water partition coefficient (Wildman–Crippen LogP) is 5.53. The molecule has 2 nitrogen and oxygen atoms in total. The van der Waals surface area contributed by atoms with Crippen LogP contribution in [0.4, 0.5) is 0 Å². The molecule has 3 aromatic rings. The number of pyridine rings is 1. The van der Waals surface area contributed by atoms with Gasteiger partial charge in [-0.2, -0.15) is 0 Å². The van der Waals surface area contributed by atoms with Crippen LogP contribution in [0.5, 0.6) is 0 Å². The zero-order chi connectivity index (χ0) is 14.8. The second-order valence-corrected chi connectivity index (χ2v) is 6.71. The van der Waals surface area contributed by atoms with E-state index in [0.717, 1.165) is 10.7 Å². The summed E-state index contributed by atoms with van der Waals surface area (Å²) in [5.41, 5.74) is 4.89. The van der Waals surface area contributed by atoms with Crippen molar-refractivity contribution in [2.24, 2.45) is 0 Å². The number of benzene rings is 1. The number of hydrogen-bond donors (Lipinski definition) is 0. The molecule has 3 heteroatoms. The maximum absolute atomic E-state index is 4.86. The van der Waals surface area contributed by atoms with Gasteiger partial charge in [0.25, 0.3) is 0 Å². The van der Waals surface area contributed by atoms with Gasteiger partial charge in [0.2, 0.25) is 0 Å². The van der Waals surface area contributed by atoms with E-state index in [-0.39, 0.29) is 0 Å². The summed E-state index contributed by atoms with van der Waals surface area (Å²) in [6.07, 6.45) is 9.20. The first-order chi connectivity index (χ1) is 10.9. The molecule has 0 radical (unpaired) electrons. The molecule has 2 aromatic heterocycles. The van der Waals surface area contributed by atoms with E-state index in [2.05, 4.69) is 40.7 Å². The van der Waals surface area contributed by atoms with Gasteiger partial charge in [0.15, 0.2) is 0 Å². The summed E-state index contributed by atoms with van der Waals surface area (Å²) in [4.78, 5) is 9.20. The van der Waals surface area contributed by atoms with E-state index in [9.17, 15) is 0 Å². The Labute approximate surface area is 134 Å².